The van der Waals surface area contributed by atoms with Crippen molar-refractivity contribution < 1.29 is 18.0 Å². The fraction of sp³-hybridized carbons (Fsp3) is 0.450. The second kappa shape index (κ2) is 8.26. The number of piperidine rings is 1. The molecule has 0 bridgehead atoms. The van der Waals surface area contributed by atoms with Gasteiger partial charge in [-0.3, -0.25) is 4.79 Å². The topological polar surface area (TPSA) is 72.1 Å². The quantitative estimate of drug-likeness (QED) is 0.812. The highest BCUT2D eigenvalue weighted by molar-refractivity contribution is 5.95. The van der Waals surface area contributed by atoms with Crippen LogP contribution in [0.2, 0.25) is 0 Å². The molecule has 8 heteroatoms. The maximum absolute atomic E-state index is 13.9. The Morgan fingerprint density at radius 2 is 1.82 bits per heavy atom. The van der Waals surface area contributed by atoms with Gasteiger partial charge in [0.25, 0.3) is 5.91 Å². The van der Waals surface area contributed by atoms with Crippen LogP contribution in [0.15, 0.2) is 18.3 Å². The monoisotopic (exact) mass is 392 g/mol. The predicted molar refractivity (Wildman–Crippen MR) is 98.1 cm³/mol. The van der Waals surface area contributed by atoms with E-state index >= 15 is 0 Å². The third-order valence-electron chi connectivity index (χ3n) is 5.31. The minimum Gasteiger partial charge on any atom is -0.339 e. The van der Waals surface area contributed by atoms with E-state index in [9.17, 15) is 18.0 Å². The zero-order chi connectivity index (χ0) is 20.4. The number of hydrogen-bond acceptors (Lipinski definition) is 4. The minimum absolute atomic E-state index is 0.0620. The van der Waals surface area contributed by atoms with Crippen molar-refractivity contribution in [3.05, 3.63) is 58.4 Å². The van der Waals surface area contributed by atoms with E-state index in [1.54, 1.807) is 24.9 Å². The van der Waals surface area contributed by atoms with Crippen molar-refractivity contribution in [2.75, 3.05) is 13.1 Å². The average molecular weight is 392 g/mol. The van der Waals surface area contributed by atoms with Gasteiger partial charge in [-0.05, 0) is 50.7 Å². The smallest absolute Gasteiger partial charge is 0.257 e. The number of aromatic nitrogens is 2. The van der Waals surface area contributed by atoms with Crippen molar-refractivity contribution in [3.8, 4) is 0 Å². The van der Waals surface area contributed by atoms with Crippen LogP contribution in [0, 0.1) is 37.2 Å². The van der Waals surface area contributed by atoms with Gasteiger partial charge in [-0.1, -0.05) is 0 Å². The minimum atomic E-state index is -1.21. The zero-order valence-electron chi connectivity index (χ0n) is 15.9. The Bertz CT molecular complexity index is 882. The van der Waals surface area contributed by atoms with Crippen LogP contribution in [0.4, 0.5) is 13.2 Å². The summed E-state index contributed by atoms with van der Waals surface area (Å²) in [7, 11) is 0. The van der Waals surface area contributed by atoms with E-state index in [-0.39, 0.29) is 23.8 Å². The Kier molecular flexibility index (Phi) is 5.98. The number of carbonyl (C=O) groups is 1. The van der Waals surface area contributed by atoms with E-state index in [0.717, 1.165) is 6.07 Å². The summed E-state index contributed by atoms with van der Waals surface area (Å²) in [5, 5.41) is 0. The van der Waals surface area contributed by atoms with Gasteiger partial charge in [0.2, 0.25) is 0 Å². The predicted octanol–water partition coefficient (Wildman–Crippen LogP) is 2.93. The SMILES string of the molecule is Cc1ncc(C(=O)N2CCC(C(N)Cc3cc(F)c(F)cc3F)CC2)c(C)n1. The maximum atomic E-state index is 13.9. The maximum Gasteiger partial charge on any atom is 0.257 e. The first kappa shape index (κ1) is 20.3. The molecule has 2 N–H and O–H groups in total. The van der Waals surface area contributed by atoms with Crippen LogP contribution in [0.1, 0.15) is 40.3 Å². The lowest BCUT2D eigenvalue weighted by Crippen LogP contribution is -2.44. The molecule has 1 aromatic carbocycles. The summed E-state index contributed by atoms with van der Waals surface area (Å²) >= 11 is 0. The molecular weight excluding hydrogens is 369 g/mol. The number of nitrogens with zero attached hydrogens (tertiary/aromatic N) is 3. The molecule has 3 rings (SSSR count). The second-order valence-electron chi connectivity index (χ2n) is 7.27. The van der Waals surface area contributed by atoms with Crippen LogP contribution in [0.5, 0.6) is 0 Å². The van der Waals surface area contributed by atoms with Crippen molar-refractivity contribution in [3.63, 3.8) is 0 Å². The molecule has 150 valence electrons. The molecule has 2 heterocycles. The molecule has 1 atom stereocenters. The number of halogens is 3. The Morgan fingerprint density at radius 1 is 1.18 bits per heavy atom. The first-order valence-corrected chi connectivity index (χ1v) is 9.24. The van der Waals surface area contributed by atoms with E-state index in [2.05, 4.69) is 9.97 Å². The lowest BCUT2D eigenvalue weighted by Gasteiger charge is -2.35. The molecule has 1 unspecified atom stereocenters. The number of hydrogen-bond donors (Lipinski definition) is 1. The number of likely N-dealkylation sites (tertiary alicyclic amines) is 1. The number of nitrogens with two attached hydrogens (primary N) is 1. The van der Waals surface area contributed by atoms with Crippen LogP contribution >= 0.6 is 0 Å². The zero-order valence-corrected chi connectivity index (χ0v) is 15.9. The first-order chi connectivity index (χ1) is 13.3. The summed E-state index contributed by atoms with van der Waals surface area (Å²) < 4.78 is 40.3. The number of carbonyl (C=O) groups excluding carboxylic acids is 1. The van der Waals surface area contributed by atoms with Crippen molar-refractivity contribution in [2.24, 2.45) is 11.7 Å². The molecule has 1 aliphatic heterocycles. The normalized spacial score (nSPS) is 16.3. The molecule has 0 aliphatic carbocycles. The molecule has 0 spiro atoms. The lowest BCUT2D eigenvalue weighted by atomic mass is 9.86. The molecule has 1 amide bonds. The van der Waals surface area contributed by atoms with Gasteiger partial charge in [-0.25, -0.2) is 23.1 Å². The Morgan fingerprint density at radius 3 is 2.46 bits per heavy atom. The summed E-state index contributed by atoms with van der Waals surface area (Å²) in [6, 6.07) is 1.01. The van der Waals surface area contributed by atoms with Gasteiger partial charge in [0.1, 0.15) is 11.6 Å². The lowest BCUT2D eigenvalue weighted by molar-refractivity contribution is 0.0676. The Labute approximate surface area is 161 Å². The molecule has 1 aliphatic rings. The number of benzene rings is 1. The second-order valence-corrected chi connectivity index (χ2v) is 7.27. The average Bonchev–Trinajstić information content (AvgIpc) is 2.65. The highest BCUT2D eigenvalue weighted by Crippen LogP contribution is 2.25. The standard InChI is InChI=1S/C20H23F3N4O/c1-11-15(10-25-12(2)26-11)20(28)27-5-3-13(4-6-27)19(24)8-14-7-17(22)18(23)9-16(14)21/h7,9-10,13,19H,3-6,8,24H2,1-2H3. The summed E-state index contributed by atoms with van der Waals surface area (Å²) in [5.74, 6) is -2.53. The van der Waals surface area contributed by atoms with Crippen LogP contribution in [-0.4, -0.2) is 39.9 Å². The van der Waals surface area contributed by atoms with Gasteiger partial charge in [-0.15, -0.1) is 0 Å². The summed E-state index contributed by atoms with van der Waals surface area (Å²) in [6.45, 7) is 4.58. The van der Waals surface area contributed by atoms with Gasteiger partial charge in [0, 0.05) is 31.4 Å². The molecule has 1 saturated heterocycles. The number of amides is 1. The van der Waals surface area contributed by atoms with Gasteiger partial charge in [0.15, 0.2) is 11.6 Å². The van der Waals surface area contributed by atoms with Crippen molar-refractivity contribution in [2.45, 2.75) is 39.2 Å². The molecular formula is C20H23F3N4O. The Balaban J connectivity index is 1.60. The fourth-order valence-corrected chi connectivity index (χ4v) is 3.63. The fourth-order valence-electron chi connectivity index (χ4n) is 3.63. The van der Waals surface area contributed by atoms with Gasteiger partial charge >= 0.3 is 0 Å². The largest absolute Gasteiger partial charge is 0.339 e. The van der Waals surface area contributed by atoms with Crippen molar-refractivity contribution in [1.82, 2.24) is 14.9 Å². The molecule has 0 radical (unpaired) electrons. The Hall–Kier alpha value is -2.48. The number of aryl methyl sites for hydroxylation is 2. The number of rotatable bonds is 4. The van der Waals surface area contributed by atoms with E-state index in [1.807, 2.05) is 0 Å². The van der Waals surface area contributed by atoms with Crippen molar-refractivity contribution in [1.29, 1.82) is 0 Å². The molecule has 5 nitrogen and oxygen atoms in total. The molecule has 1 aromatic heterocycles. The van der Waals surface area contributed by atoms with Gasteiger partial charge in [0.05, 0.1) is 11.3 Å². The van der Waals surface area contributed by atoms with E-state index in [1.165, 1.54) is 0 Å². The van der Waals surface area contributed by atoms with E-state index in [0.29, 0.717) is 49.1 Å². The summed E-state index contributed by atoms with van der Waals surface area (Å²) in [4.78, 5) is 22.8. The van der Waals surface area contributed by atoms with Gasteiger partial charge < -0.3 is 10.6 Å². The third kappa shape index (κ3) is 4.32. The van der Waals surface area contributed by atoms with Gasteiger partial charge in [-0.2, -0.15) is 0 Å². The molecule has 1 fully saturated rings. The summed E-state index contributed by atoms with van der Waals surface area (Å²) in [5.41, 5.74) is 7.40. The molecule has 28 heavy (non-hydrogen) atoms. The highest BCUT2D eigenvalue weighted by atomic mass is 19.2. The van der Waals surface area contributed by atoms with Crippen molar-refractivity contribution >= 4 is 5.91 Å². The first-order valence-electron chi connectivity index (χ1n) is 9.24. The van der Waals surface area contributed by atoms with E-state index < -0.39 is 23.5 Å². The summed E-state index contributed by atoms with van der Waals surface area (Å²) in [6.07, 6.45) is 2.98. The highest BCUT2D eigenvalue weighted by Gasteiger charge is 2.29. The molecule has 2 aromatic rings. The van der Waals surface area contributed by atoms with Crippen LogP contribution in [0.25, 0.3) is 0 Å². The third-order valence-corrected chi connectivity index (χ3v) is 5.31. The molecule has 0 saturated carbocycles. The van der Waals surface area contributed by atoms with Crippen LogP contribution in [-0.2, 0) is 6.42 Å². The van der Waals surface area contributed by atoms with Crippen LogP contribution in [0.3, 0.4) is 0 Å². The van der Waals surface area contributed by atoms with Crippen LogP contribution < -0.4 is 5.73 Å². The van der Waals surface area contributed by atoms with E-state index in [4.69, 9.17) is 5.73 Å².